The van der Waals surface area contributed by atoms with Crippen LogP contribution in [0.5, 0.6) is 5.75 Å². The Bertz CT molecular complexity index is 747. The normalized spacial score (nSPS) is 13.7. The number of amides is 1. The van der Waals surface area contributed by atoms with E-state index in [0.717, 1.165) is 31.1 Å². The summed E-state index contributed by atoms with van der Waals surface area (Å²) < 4.78 is 6.10. The SMILES string of the molecule is C=CCc1c(OCC2CC2)ccc2cccc(CCNC(C)=O)c12. The van der Waals surface area contributed by atoms with Gasteiger partial charge in [0.05, 0.1) is 6.61 Å². The van der Waals surface area contributed by atoms with Gasteiger partial charge in [-0.2, -0.15) is 0 Å². The Hall–Kier alpha value is -2.29. The zero-order valence-electron chi connectivity index (χ0n) is 14.3. The number of nitrogens with one attached hydrogen (secondary N) is 1. The van der Waals surface area contributed by atoms with Crippen molar-refractivity contribution in [1.29, 1.82) is 0 Å². The van der Waals surface area contributed by atoms with Crippen molar-refractivity contribution in [3.8, 4) is 5.75 Å². The lowest BCUT2D eigenvalue weighted by molar-refractivity contribution is -0.118. The van der Waals surface area contributed by atoms with Crippen LogP contribution in [0.15, 0.2) is 43.0 Å². The maximum absolute atomic E-state index is 11.1. The van der Waals surface area contributed by atoms with Crippen molar-refractivity contribution < 1.29 is 9.53 Å². The average Bonchev–Trinajstić information content (AvgIpc) is 3.38. The summed E-state index contributed by atoms with van der Waals surface area (Å²) in [4.78, 5) is 11.1. The number of allylic oxidation sites excluding steroid dienone is 1. The molecule has 0 saturated heterocycles. The molecular weight excluding hydrogens is 298 g/mol. The molecule has 1 aliphatic rings. The van der Waals surface area contributed by atoms with Gasteiger partial charge in [0.1, 0.15) is 5.75 Å². The topological polar surface area (TPSA) is 38.3 Å². The molecule has 3 nitrogen and oxygen atoms in total. The molecule has 126 valence electrons. The highest BCUT2D eigenvalue weighted by atomic mass is 16.5. The van der Waals surface area contributed by atoms with Gasteiger partial charge in [-0.05, 0) is 54.0 Å². The molecule has 0 bridgehead atoms. The second kappa shape index (κ2) is 7.52. The average molecular weight is 323 g/mol. The van der Waals surface area contributed by atoms with Crippen LogP contribution in [0.1, 0.15) is 30.9 Å². The van der Waals surface area contributed by atoms with Crippen LogP contribution >= 0.6 is 0 Å². The Balaban J connectivity index is 1.95. The Morgan fingerprint density at radius 1 is 1.33 bits per heavy atom. The zero-order chi connectivity index (χ0) is 16.9. The number of hydrogen-bond acceptors (Lipinski definition) is 2. The first-order chi connectivity index (χ1) is 11.7. The van der Waals surface area contributed by atoms with Crippen molar-refractivity contribution in [2.45, 2.75) is 32.6 Å². The Labute approximate surface area is 143 Å². The minimum Gasteiger partial charge on any atom is -0.493 e. The van der Waals surface area contributed by atoms with E-state index in [9.17, 15) is 4.79 Å². The Morgan fingerprint density at radius 3 is 2.88 bits per heavy atom. The molecule has 0 spiro atoms. The maximum atomic E-state index is 11.1. The van der Waals surface area contributed by atoms with Gasteiger partial charge in [0.25, 0.3) is 0 Å². The molecule has 1 aliphatic carbocycles. The second-order valence-corrected chi connectivity index (χ2v) is 6.54. The van der Waals surface area contributed by atoms with Gasteiger partial charge in [0.2, 0.25) is 5.91 Å². The van der Waals surface area contributed by atoms with Gasteiger partial charge in [-0.1, -0.05) is 30.3 Å². The van der Waals surface area contributed by atoms with Crippen molar-refractivity contribution in [3.05, 3.63) is 54.1 Å². The van der Waals surface area contributed by atoms with Crippen molar-refractivity contribution in [3.63, 3.8) is 0 Å². The number of carbonyl (C=O) groups is 1. The fourth-order valence-electron chi connectivity index (χ4n) is 3.07. The van der Waals surface area contributed by atoms with Crippen molar-refractivity contribution in [2.24, 2.45) is 5.92 Å². The number of rotatable bonds is 8. The fraction of sp³-hybridized carbons (Fsp3) is 0.381. The van der Waals surface area contributed by atoms with Crippen LogP contribution in [-0.4, -0.2) is 19.1 Å². The third kappa shape index (κ3) is 3.97. The van der Waals surface area contributed by atoms with Crippen molar-refractivity contribution in [2.75, 3.05) is 13.2 Å². The van der Waals surface area contributed by atoms with Gasteiger partial charge < -0.3 is 10.1 Å². The van der Waals surface area contributed by atoms with Crippen molar-refractivity contribution in [1.82, 2.24) is 5.32 Å². The molecule has 0 aromatic heterocycles. The monoisotopic (exact) mass is 323 g/mol. The van der Waals surface area contributed by atoms with Crippen LogP contribution in [0.3, 0.4) is 0 Å². The molecule has 0 unspecified atom stereocenters. The summed E-state index contributed by atoms with van der Waals surface area (Å²) in [5.74, 6) is 1.71. The fourth-order valence-corrected chi connectivity index (χ4v) is 3.07. The number of benzene rings is 2. The molecule has 0 heterocycles. The van der Waals surface area contributed by atoms with Crippen LogP contribution in [-0.2, 0) is 17.6 Å². The molecule has 1 fully saturated rings. The number of hydrogen-bond donors (Lipinski definition) is 1. The lowest BCUT2D eigenvalue weighted by Crippen LogP contribution is -2.22. The summed E-state index contributed by atoms with van der Waals surface area (Å²) in [7, 11) is 0. The van der Waals surface area contributed by atoms with Gasteiger partial charge in [0.15, 0.2) is 0 Å². The first-order valence-electron chi connectivity index (χ1n) is 8.70. The van der Waals surface area contributed by atoms with E-state index >= 15 is 0 Å². The summed E-state index contributed by atoms with van der Waals surface area (Å²) in [6.07, 6.45) is 6.10. The summed E-state index contributed by atoms with van der Waals surface area (Å²) in [5.41, 5.74) is 2.46. The molecule has 3 heteroatoms. The van der Waals surface area contributed by atoms with Gasteiger partial charge >= 0.3 is 0 Å². The van der Waals surface area contributed by atoms with Crippen LogP contribution in [0.25, 0.3) is 10.8 Å². The van der Waals surface area contributed by atoms with Gasteiger partial charge in [0, 0.05) is 19.0 Å². The predicted molar refractivity (Wildman–Crippen MR) is 98.5 cm³/mol. The number of fused-ring (bicyclic) bond motifs is 1. The lowest BCUT2D eigenvalue weighted by Gasteiger charge is -2.16. The predicted octanol–water partition coefficient (Wildman–Crippen LogP) is 4.04. The number of ether oxygens (including phenoxy) is 1. The zero-order valence-corrected chi connectivity index (χ0v) is 14.3. The first-order valence-corrected chi connectivity index (χ1v) is 8.70. The third-order valence-electron chi connectivity index (χ3n) is 4.48. The standard InChI is InChI=1S/C21H25NO2/c1-3-5-19-20(24-14-16-8-9-16)11-10-17-6-4-7-18(21(17)19)12-13-22-15(2)23/h3-4,6-7,10-11,16H,1,5,8-9,12-14H2,2H3,(H,22,23). The molecular formula is C21H25NO2. The second-order valence-electron chi connectivity index (χ2n) is 6.54. The first kappa shape index (κ1) is 16.6. The van der Waals surface area contributed by atoms with Gasteiger partial charge in [-0.15, -0.1) is 6.58 Å². The highest BCUT2D eigenvalue weighted by molar-refractivity contribution is 5.91. The van der Waals surface area contributed by atoms with Gasteiger partial charge in [-0.25, -0.2) is 0 Å². The van der Waals surface area contributed by atoms with E-state index in [0.29, 0.717) is 6.54 Å². The Kier molecular flexibility index (Phi) is 5.19. The third-order valence-corrected chi connectivity index (χ3v) is 4.48. The smallest absolute Gasteiger partial charge is 0.216 e. The molecule has 0 atom stereocenters. The van der Waals surface area contributed by atoms with E-state index in [1.54, 1.807) is 6.92 Å². The molecule has 1 N–H and O–H groups in total. The van der Waals surface area contributed by atoms with Crippen LogP contribution in [0.4, 0.5) is 0 Å². The summed E-state index contributed by atoms with van der Waals surface area (Å²) in [6, 6.07) is 10.6. The maximum Gasteiger partial charge on any atom is 0.216 e. The molecule has 0 aliphatic heterocycles. The van der Waals surface area contributed by atoms with E-state index in [-0.39, 0.29) is 5.91 Å². The van der Waals surface area contributed by atoms with Crippen molar-refractivity contribution >= 4 is 16.7 Å². The summed E-state index contributed by atoms with van der Waals surface area (Å²) in [5, 5.41) is 5.34. The molecule has 0 radical (unpaired) electrons. The minimum absolute atomic E-state index is 0.00927. The van der Waals surface area contributed by atoms with Crippen LogP contribution in [0, 0.1) is 5.92 Å². The van der Waals surface area contributed by atoms with E-state index in [2.05, 4.69) is 42.2 Å². The Morgan fingerprint density at radius 2 is 2.17 bits per heavy atom. The highest BCUT2D eigenvalue weighted by Gasteiger charge is 2.22. The summed E-state index contributed by atoms with van der Waals surface area (Å²) in [6.45, 7) is 6.92. The lowest BCUT2D eigenvalue weighted by atomic mass is 9.95. The van der Waals surface area contributed by atoms with Crippen LogP contribution < -0.4 is 10.1 Å². The van der Waals surface area contributed by atoms with E-state index in [1.807, 2.05) is 6.08 Å². The molecule has 2 aromatic carbocycles. The largest absolute Gasteiger partial charge is 0.493 e. The molecule has 2 aromatic rings. The van der Waals surface area contributed by atoms with E-state index in [4.69, 9.17) is 4.74 Å². The molecule has 3 rings (SSSR count). The quantitative estimate of drug-likeness (QED) is 0.745. The number of carbonyl (C=O) groups excluding carboxylic acids is 1. The van der Waals surface area contributed by atoms with E-state index in [1.165, 1.54) is 34.7 Å². The minimum atomic E-state index is 0.00927. The van der Waals surface area contributed by atoms with E-state index < -0.39 is 0 Å². The molecule has 1 saturated carbocycles. The molecule has 24 heavy (non-hydrogen) atoms. The summed E-state index contributed by atoms with van der Waals surface area (Å²) >= 11 is 0. The highest BCUT2D eigenvalue weighted by Crippen LogP contribution is 2.34. The van der Waals surface area contributed by atoms with Crippen LogP contribution in [0.2, 0.25) is 0 Å². The van der Waals surface area contributed by atoms with Gasteiger partial charge in [-0.3, -0.25) is 4.79 Å². The molecule has 1 amide bonds.